The summed E-state index contributed by atoms with van der Waals surface area (Å²) in [6.07, 6.45) is 1.78. The van der Waals surface area contributed by atoms with Gasteiger partial charge in [-0.05, 0) is 45.4 Å². The molecule has 1 N–H and O–H groups in total. The first-order valence-corrected chi connectivity index (χ1v) is 7.26. The fourth-order valence-corrected chi connectivity index (χ4v) is 3.01. The van der Waals surface area contributed by atoms with Crippen LogP contribution in [-0.2, 0) is 0 Å². The Morgan fingerprint density at radius 1 is 1.29 bits per heavy atom. The third kappa shape index (κ3) is 3.07. The van der Waals surface area contributed by atoms with Crippen LogP contribution in [-0.4, -0.2) is 4.98 Å². The van der Waals surface area contributed by atoms with Crippen molar-refractivity contribution in [1.29, 1.82) is 0 Å². The van der Waals surface area contributed by atoms with Gasteiger partial charge in [-0.3, -0.25) is 0 Å². The summed E-state index contributed by atoms with van der Waals surface area (Å²) in [5.74, 6) is 0.528. The SMILES string of the molecule is CC(C)C(Nc1cccnc1Br)c1cccs1. The lowest BCUT2D eigenvalue weighted by molar-refractivity contribution is 0.553. The summed E-state index contributed by atoms with van der Waals surface area (Å²) >= 11 is 5.25. The standard InChI is InChI=1S/C13H15BrN2S/c1-9(2)12(11-6-4-8-17-11)16-10-5-3-7-15-13(10)14/h3-9,12,16H,1-2H3. The normalized spacial score (nSPS) is 12.7. The van der Waals surface area contributed by atoms with Crippen molar-refractivity contribution < 1.29 is 0 Å². The van der Waals surface area contributed by atoms with E-state index in [0.717, 1.165) is 10.3 Å². The molecule has 1 unspecified atom stereocenters. The minimum absolute atomic E-state index is 0.329. The van der Waals surface area contributed by atoms with E-state index in [9.17, 15) is 0 Å². The van der Waals surface area contributed by atoms with Crippen molar-refractivity contribution in [3.63, 3.8) is 0 Å². The molecular weight excluding hydrogens is 296 g/mol. The van der Waals surface area contributed by atoms with E-state index in [0.29, 0.717) is 12.0 Å². The number of hydrogen-bond donors (Lipinski definition) is 1. The second-order valence-electron chi connectivity index (χ2n) is 4.22. The number of pyridine rings is 1. The molecule has 0 saturated carbocycles. The molecule has 2 nitrogen and oxygen atoms in total. The van der Waals surface area contributed by atoms with Gasteiger partial charge >= 0.3 is 0 Å². The van der Waals surface area contributed by atoms with Gasteiger partial charge < -0.3 is 5.32 Å². The number of aromatic nitrogens is 1. The third-order valence-corrected chi connectivity index (χ3v) is 4.17. The molecule has 0 aromatic carbocycles. The van der Waals surface area contributed by atoms with Crippen LogP contribution in [0.15, 0.2) is 40.4 Å². The van der Waals surface area contributed by atoms with Crippen molar-refractivity contribution >= 4 is 33.0 Å². The van der Waals surface area contributed by atoms with Crippen molar-refractivity contribution in [2.45, 2.75) is 19.9 Å². The van der Waals surface area contributed by atoms with Crippen LogP contribution in [0.5, 0.6) is 0 Å². The number of nitrogens with one attached hydrogen (secondary N) is 1. The molecule has 90 valence electrons. The topological polar surface area (TPSA) is 24.9 Å². The summed E-state index contributed by atoms with van der Waals surface area (Å²) in [5.41, 5.74) is 1.04. The van der Waals surface area contributed by atoms with E-state index in [1.165, 1.54) is 4.88 Å². The van der Waals surface area contributed by atoms with Crippen LogP contribution in [0, 0.1) is 5.92 Å². The number of thiophene rings is 1. The van der Waals surface area contributed by atoms with Gasteiger partial charge in [0.15, 0.2) is 0 Å². The summed E-state index contributed by atoms with van der Waals surface area (Å²) in [7, 11) is 0. The summed E-state index contributed by atoms with van der Waals surface area (Å²) in [5, 5.41) is 5.67. The van der Waals surface area contributed by atoms with Crippen molar-refractivity contribution in [1.82, 2.24) is 4.98 Å². The highest BCUT2D eigenvalue weighted by Gasteiger charge is 2.17. The Hall–Kier alpha value is -0.870. The quantitative estimate of drug-likeness (QED) is 0.827. The third-order valence-electron chi connectivity index (χ3n) is 2.59. The van der Waals surface area contributed by atoms with Crippen LogP contribution >= 0.6 is 27.3 Å². The van der Waals surface area contributed by atoms with Gasteiger partial charge in [-0.1, -0.05) is 19.9 Å². The predicted molar refractivity (Wildman–Crippen MR) is 77.5 cm³/mol. The first-order valence-electron chi connectivity index (χ1n) is 5.59. The maximum Gasteiger partial charge on any atom is 0.129 e. The van der Waals surface area contributed by atoms with Gasteiger partial charge in [0.1, 0.15) is 4.60 Å². The van der Waals surface area contributed by atoms with Gasteiger partial charge in [-0.25, -0.2) is 4.98 Å². The Kier molecular flexibility index (Phi) is 4.18. The highest BCUT2D eigenvalue weighted by molar-refractivity contribution is 9.10. The maximum atomic E-state index is 4.23. The van der Waals surface area contributed by atoms with E-state index in [2.05, 4.69) is 57.6 Å². The van der Waals surface area contributed by atoms with Crippen LogP contribution in [0.1, 0.15) is 24.8 Å². The molecule has 4 heteroatoms. The molecule has 0 bridgehead atoms. The minimum Gasteiger partial charge on any atom is -0.375 e. The van der Waals surface area contributed by atoms with Gasteiger partial charge in [-0.15, -0.1) is 11.3 Å². The molecule has 0 aliphatic rings. The van der Waals surface area contributed by atoms with Crippen LogP contribution in [0.4, 0.5) is 5.69 Å². The largest absolute Gasteiger partial charge is 0.375 e. The molecule has 0 aliphatic carbocycles. The number of hydrogen-bond acceptors (Lipinski definition) is 3. The maximum absolute atomic E-state index is 4.23. The predicted octanol–water partition coefficient (Wildman–Crippen LogP) is 4.71. The zero-order chi connectivity index (χ0) is 12.3. The molecule has 0 fully saturated rings. The average molecular weight is 311 g/mol. The second-order valence-corrected chi connectivity index (χ2v) is 5.95. The van der Waals surface area contributed by atoms with Gasteiger partial charge in [0.05, 0.1) is 11.7 Å². The fourth-order valence-electron chi connectivity index (χ4n) is 1.70. The smallest absolute Gasteiger partial charge is 0.129 e. The first kappa shape index (κ1) is 12.6. The molecular formula is C13H15BrN2S. The number of halogens is 1. The number of rotatable bonds is 4. The molecule has 0 aliphatic heterocycles. The highest BCUT2D eigenvalue weighted by Crippen LogP contribution is 2.31. The Morgan fingerprint density at radius 3 is 2.71 bits per heavy atom. The second kappa shape index (κ2) is 5.65. The summed E-state index contributed by atoms with van der Waals surface area (Å²) in [6.45, 7) is 4.45. The number of anilines is 1. The van der Waals surface area contributed by atoms with Crippen LogP contribution in [0.2, 0.25) is 0 Å². The molecule has 2 heterocycles. The lowest BCUT2D eigenvalue weighted by Gasteiger charge is -2.22. The van der Waals surface area contributed by atoms with E-state index in [1.54, 1.807) is 17.5 Å². The zero-order valence-corrected chi connectivity index (χ0v) is 12.3. The molecule has 0 saturated heterocycles. The van der Waals surface area contributed by atoms with E-state index >= 15 is 0 Å². The molecule has 2 aromatic rings. The van der Waals surface area contributed by atoms with Crippen LogP contribution < -0.4 is 5.32 Å². The molecule has 0 radical (unpaired) electrons. The highest BCUT2D eigenvalue weighted by atomic mass is 79.9. The van der Waals surface area contributed by atoms with E-state index in [1.807, 2.05) is 12.1 Å². The Bertz CT molecular complexity index is 468. The van der Waals surface area contributed by atoms with Gasteiger partial charge in [0.2, 0.25) is 0 Å². The molecule has 2 rings (SSSR count). The van der Waals surface area contributed by atoms with Crippen molar-refractivity contribution in [2.24, 2.45) is 5.92 Å². The van der Waals surface area contributed by atoms with Gasteiger partial charge in [0.25, 0.3) is 0 Å². The molecule has 2 aromatic heterocycles. The lowest BCUT2D eigenvalue weighted by Crippen LogP contribution is -2.16. The first-order chi connectivity index (χ1) is 8.18. The van der Waals surface area contributed by atoms with Crippen LogP contribution in [0.25, 0.3) is 0 Å². The van der Waals surface area contributed by atoms with E-state index in [4.69, 9.17) is 0 Å². The van der Waals surface area contributed by atoms with Crippen LogP contribution in [0.3, 0.4) is 0 Å². The molecule has 1 atom stereocenters. The van der Waals surface area contributed by atoms with E-state index < -0.39 is 0 Å². The van der Waals surface area contributed by atoms with Gasteiger partial charge in [-0.2, -0.15) is 0 Å². The average Bonchev–Trinajstić information content (AvgIpc) is 2.81. The summed E-state index contributed by atoms with van der Waals surface area (Å²) in [6, 6.07) is 8.58. The van der Waals surface area contributed by atoms with Crippen molar-refractivity contribution in [2.75, 3.05) is 5.32 Å². The van der Waals surface area contributed by atoms with Gasteiger partial charge in [0, 0.05) is 11.1 Å². The van der Waals surface area contributed by atoms with Crippen molar-refractivity contribution in [3.05, 3.63) is 45.3 Å². The summed E-state index contributed by atoms with van der Waals surface area (Å²) < 4.78 is 0.863. The van der Waals surface area contributed by atoms with E-state index in [-0.39, 0.29) is 0 Å². The Labute approximate surface area is 114 Å². The molecule has 0 spiro atoms. The Balaban J connectivity index is 2.23. The molecule has 0 amide bonds. The zero-order valence-electron chi connectivity index (χ0n) is 9.85. The monoisotopic (exact) mass is 310 g/mol. The fraction of sp³-hybridized carbons (Fsp3) is 0.308. The van der Waals surface area contributed by atoms with Crippen molar-refractivity contribution in [3.8, 4) is 0 Å². The minimum atomic E-state index is 0.329. The Morgan fingerprint density at radius 2 is 2.12 bits per heavy atom. The lowest BCUT2D eigenvalue weighted by atomic mass is 10.0. The number of nitrogens with zero attached hydrogens (tertiary/aromatic N) is 1. The molecule has 17 heavy (non-hydrogen) atoms. The summed E-state index contributed by atoms with van der Waals surface area (Å²) in [4.78, 5) is 5.59.